The van der Waals surface area contributed by atoms with Gasteiger partial charge in [0.15, 0.2) is 9.84 Å². The summed E-state index contributed by atoms with van der Waals surface area (Å²) in [5.41, 5.74) is 1.38. The van der Waals surface area contributed by atoms with Crippen LogP contribution in [0.5, 0.6) is 0 Å². The normalized spacial score (nSPS) is 13.2. The fourth-order valence-electron chi connectivity index (χ4n) is 1.79. The van der Waals surface area contributed by atoms with E-state index in [0.717, 1.165) is 6.42 Å². The van der Waals surface area contributed by atoms with Crippen LogP contribution in [0.15, 0.2) is 24.3 Å². The first kappa shape index (κ1) is 15.7. The first-order valence-electron chi connectivity index (χ1n) is 6.32. The lowest BCUT2D eigenvalue weighted by Gasteiger charge is -2.09. The van der Waals surface area contributed by atoms with Gasteiger partial charge in [-0.2, -0.15) is 0 Å². The Balaban J connectivity index is 2.69. The number of carbonyl (C=O) groups is 1. The summed E-state index contributed by atoms with van der Waals surface area (Å²) in [6.45, 7) is 3.90. The third-order valence-electron chi connectivity index (χ3n) is 3.00. The lowest BCUT2D eigenvalue weighted by molar-refractivity contribution is -0.136. The van der Waals surface area contributed by atoms with Crippen LogP contribution < -0.4 is 0 Å². The average molecular weight is 284 g/mol. The highest BCUT2D eigenvalue weighted by Gasteiger charge is 2.15. The van der Waals surface area contributed by atoms with Gasteiger partial charge in [-0.05, 0) is 17.0 Å². The van der Waals surface area contributed by atoms with Crippen molar-refractivity contribution in [2.75, 3.05) is 5.75 Å². The second-order valence-corrected chi connectivity index (χ2v) is 7.06. The highest BCUT2D eigenvalue weighted by molar-refractivity contribution is 7.90. The van der Waals surface area contributed by atoms with Gasteiger partial charge in [0.25, 0.3) is 0 Å². The molecule has 0 amide bonds. The molecule has 1 rings (SSSR count). The van der Waals surface area contributed by atoms with Gasteiger partial charge < -0.3 is 5.11 Å². The van der Waals surface area contributed by atoms with Crippen LogP contribution in [-0.2, 0) is 26.8 Å². The summed E-state index contributed by atoms with van der Waals surface area (Å²) < 4.78 is 23.9. The van der Waals surface area contributed by atoms with E-state index < -0.39 is 15.8 Å². The van der Waals surface area contributed by atoms with Crippen LogP contribution in [0.3, 0.4) is 0 Å². The topological polar surface area (TPSA) is 71.4 Å². The minimum atomic E-state index is -3.10. The maximum Gasteiger partial charge on any atom is 0.307 e. The van der Waals surface area contributed by atoms with Crippen molar-refractivity contribution in [3.63, 3.8) is 0 Å². The second-order valence-electron chi connectivity index (χ2n) is 4.96. The molecule has 0 fully saturated rings. The summed E-state index contributed by atoms with van der Waals surface area (Å²) >= 11 is 0. The van der Waals surface area contributed by atoms with Crippen LogP contribution in [0, 0.1) is 5.92 Å². The molecule has 0 saturated heterocycles. The molecular weight excluding hydrogens is 264 g/mol. The number of benzene rings is 1. The second kappa shape index (κ2) is 6.70. The summed E-state index contributed by atoms with van der Waals surface area (Å²) in [4.78, 5) is 10.5. The van der Waals surface area contributed by atoms with Crippen LogP contribution in [0.1, 0.15) is 31.4 Å². The van der Waals surface area contributed by atoms with E-state index in [2.05, 4.69) is 0 Å². The van der Waals surface area contributed by atoms with Crippen molar-refractivity contribution < 1.29 is 18.3 Å². The Morgan fingerprint density at radius 2 is 1.74 bits per heavy atom. The number of hydrogen-bond donors (Lipinski definition) is 1. The van der Waals surface area contributed by atoms with Gasteiger partial charge in [-0.15, -0.1) is 0 Å². The van der Waals surface area contributed by atoms with Gasteiger partial charge in [-0.25, -0.2) is 8.42 Å². The largest absolute Gasteiger partial charge is 0.481 e. The Bertz CT molecular complexity index is 517. The predicted molar refractivity (Wildman–Crippen MR) is 74.7 cm³/mol. The number of carboxylic acid groups (broad SMARTS) is 1. The maximum atomic E-state index is 11.9. The van der Waals surface area contributed by atoms with Gasteiger partial charge in [0.2, 0.25) is 0 Å². The molecule has 0 bridgehead atoms. The zero-order valence-electron chi connectivity index (χ0n) is 11.3. The van der Waals surface area contributed by atoms with Gasteiger partial charge in [-0.3, -0.25) is 4.79 Å². The average Bonchev–Trinajstić information content (AvgIpc) is 2.30. The number of aliphatic carboxylic acids is 1. The van der Waals surface area contributed by atoms with Crippen LogP contribution in [0.2, 0.25) is 0 Å². The lowest BCUT2D eigenvalue weighted by Crippen LogP contribution is -2.15. The van der Waals surface area contributed by atoms with E-state index in [1.54, 1.807) is 24.3 Å². The molecule has 1 N–H and O–H groups in total. The Morgan fingerprint density at radius 3 is 2.21 bits per heavy atom. The highest BCUT2D eigenvalue weighted by atomic mass is 32.2. The molecule has 0 aliphatic rings. The van der Waals surface area contributed by atoms with E-state index in [0.29, 0.717) is 11.1 Å². The van der Waals surface area contributed by atoms with Gasteiger partial charge in [0.1, 0.15) is 0 Å². The Morgan fingerprint density at radius 1 is 1.21 bits per heavy atom. The molecule has 4 nitrogen and oxygen atoms in total. The van der Waals surface area contributed by atoms with Crippen LogP contribution in [0.25, 0.3) is 0 Å². The minimum Gasteiger partial charge on any atom is -0.481 e. The van der Waals surface area contributed by atoms with Crippen molar-refractivity contribution in [2.45, 2.75) is 32.4 Å². The summed E-state index contributed by atoms with van der Waals surface area (Å²) in [6, 6.07) is 6.71. The van der Waals surface area contributed by atoms with Crippen LogP contribution >= 0.6 is 0 Å². The minimum absolute atomic E-state index is 0.0185. The van der Waals surface area contributed by atoms with E-state index >= 15 is 0 Å². The van der Waals surface area contributed by atoms with E-state index in [9.17, 15) is 13.2 Å². The molecule has 19 heavy (non-hydrogen) atoms. The van der Waals surface area contributed by atoms with Gasteiger partial charge in [-0.1, -0.05) is 44.5 Å². The highest BCUT2D eigenvalue weighted by Crippen LogP contribution is 2.13. The van der Waals surface area contributed by atoms with Crippen molar-refractivity contribution in [1.82, 2.24) is 0 Å². The third-order valence-corrected chi connectivity index (χ3v) is 4.85. The van der Waals surface area contributed by atoms with Crippen molar-refractivity contribution >= 4 is 15.8 Å². The van der Waals surface area contributed by atoms with Crippen LogP contribution in [0.4, 0.5) is 0 Å². The quantitative estimate of drug-likeness (QED) is 0.833. The number of hydrogen-bond acceptors (Lipinski definition) is 3. The molecule has 0 aliphatic heterocycles. The first-order chi connectivity index (χ1) is 8.82. The Hall–Kier alpha value is -1.36. The number of rotatable bonds is 7. The van der Waals surface area contributed by atoms with E-state index in [-0.39, 0.29) is 23.8 Å². The van der Waals surface area contributed by atoms with E-state index in [1.807, 2.05) is 13.8 Å². The zero-order valence-corrected chi connectivity index (χ0v) is 12.1. The van der Waals surface area contributed by atoms with Gasteiger partial charge in [0.05, 0.1) is 17.9 Å². The molecule has 0 spiro atoms. The Kier molecular flexibility index (Phi) is 5.54. The monoisotopic (exact) mass is 284 g/mol. The molecule has 5 heteroatoms. The fraction of sp³-hybridized carbons (Fsp3) is 0.500. The SMILES string of the molecule is CCC(C)CS(=O)(=O)Cc1ccc(CC(=O)O)cc1. The molecule has 1 atom stereocenters. The molecule has 0 aromatic heterocycles. The Labute approximate surface area is 114 Å². The molecule has 1 aromatic rings. The van der Waals surface area contributed by atoms with Gasteiger partial charge in [0, 0.05) is 0 Å². The molecule has 0 aliphatic carbocycles. The maximum absolute atomic E-state index is 11.9. The molecule has 0 saturated carbocycles. The predicted octanol–water partition coefficient (Wildman–Crippen LogP) is 2.27. The summed E-state index contributed by atoms with van der Waals surface area (Å²) in [5, 5.41) is 8.65. The zero-order chi connectivity index (χ0) is 14.5. The van der Waals surface area contributed by atoms with Gasteiger partial charge >= 0.3 is 5.97 Å². The summed E-state index contributed by atoms with van der Waals surface area (Å²) in [6.07, 6.45) is 0.802. The molecule has 0 radical (unpaired) electrons. The standard InChI is InChI=1S/C14H20O4S/c1-3-11(2)9-19(17,18)10-13-6-4-12(5-7-13)8-14(15)16/h4-7,11H,3,8-10H2,1-2H3,(H,15,16). The number of carboxylic acids is 1. The first-order valence-corrected chi connectivity index (χ1v) is 8.14. The summed E-state index contributed by atoms with van der Waals surface area (Å²) in [5.74, 6) is -0.515. The third kappa shape index (κ3) is 5.87. The van der Waals surface area contributed by atoms with Crippen molar-refractivity contribution in [2.24, 2.45) is 5.92 Å². The van der Waals surface area contributed by atoms with Crippen molar-refractivity contribution in [3.05, 3.63) is 35.4 Å². The van der Waals surface area contributed by atoms with Crippen LogP contribution in [-0.4, -0.2) is 25.2 Å². The number of sulfone groups is 1. The van der Waals surface area contributed by atoms with Crippen molar-refractivity contribution in [1.29, 1.82) is 0 Å². The summed E-state index contributed by atoms with van der Waals surface area (Å²) in [7, 11) is -3.10. The smallest absolute Gasteiger partial charge is 0.307 e. The van der Waals surface area contributed by atoms with Crippen molar-refractivity contribution in [3.8, 4) is 0 Å². The molecule has 106 valence electrons. The van der Waals surface area contributed by atoms with E-state index in [1.165, 1.54) is 0 Å². The molecule has 1 aromatic carbocycles. The molecule has 1 unspecified atom stereocenters. The van der Waals surface area contributed by atoms with E-state index in [4.69, 9.17) is 5.11 Å². The molecule has 0 heterocycles. The lowest BCUT2D eigenvalue weighted by atomic mass is 10.1. The molecular formula is C14H20O4S. The fourth-order valence-corrected chi connectivity index (χ4v) is 3.71.